The third-order valence-corrected chi connectivity index (χ3v) is 2.51. The molecule has 0 amide bonds. The molecule has 3 N–H and O–H groups in total. The number of nitrogens with two attached hydrogens (primary N) is 1. The van der Waals surface area contributed by atoms with Crippen LogP contribution in [0, 0.1) is 5.92 Å². The largest absolute Gasteiger partial charge is 0.409 e. The second-order valence-electron chi connectivity index (χ2n) is 3.81. The zero-order chi connectivity index (χ0) is 10.4. The first-order chi connectivity index (χ1) is 5.99. The molecule has 1 atom stereocenters. The van der Waals surface area contributed by atoms with E-state index >= 15 is 0 Å². The molecule has 0 aliphatic carbocycles. The Bertz CT molecular complexity index is 168. The summed E-state index contributed by atoms with van der Waals surface area (Å²) in [5.41, 5.74) is 5.37. The Morgan fingerprint density at radius 1 is 1.46 bits per heavy atom. The highest BCUT2D eigenvalue weighted by Gasteiger charge is 2.12. The molecular weight excluding hydrogens is 166 g/mol. The van der Waals surface area contributed by atoms with Crippen molar-refractivity contribution in [2.45, 2.75) is 33.2 Å². The van der Waals surface area contributed by atoms with E-state index in [1.165, 1.54) is 0 Å². The third-order valence-electron chi connectivity index (χ3n) is 2.51. The monoisotopic (exact) mass is 187 g/mol. The molecule has 0 heterocycles. The van der Waals surface area contributed by atoms with Crippen LogP contribution in [0.3, 0.4) is 0 Å². The number of hydrogen-bond acceptors (Lipinski definition) is 3. The molecule has 1 unspecified atom stereocenters. The lowest BCUT2D eigenvalue weighted by Gasteiger charge is -2.27. The fraction of sp³-hybridized carbons (Fsp3) is 0.889. The average Bonchev–Trinajstić information content (AvgIpc) is 2.11. The van der Waals surface area contributed by atoms with Gasteiger partial charge in [0.2, 0.25) is 0 Å². The lowest BCUT2D eigenvalue weighted by molar-refractivity contribution is 0.212. The molecule has 0 saturated heterocycles. The van der Waals surface area contributed by atoms with Crippen LogP contribution in [-0.4, -0.2) is 35.6 Å². The smallest absolute Gasteiger partial charge is 0.140 e. The summed E-state index contributed by atoms with van der Waals surface area (Å²) in [4.78, 5) is 2.21. The number of hydrogen-bond donors (Lipinski definition) is 2. The SMILES string of the molecule is CC(C)C(C)N(C)CC/C(N)=N/O. The van der Waals surface area contributed by atoms with Crippen molar-refractivity contribution in [3.05, 3.63) is 0 Å². The Hall–Kier alpha value is -0.770. The second-order valence-corrected chi connectivity index (χ2v) is 3.81. The normalized spacial score (nSPS) is 15.4. The zero-order valence-electron chi connectivity index (χ0n) is 8.99. The topological polar surface area (TPSA) is 61.8 Å². The van der Waals surface area contributed by atoms with Gasteiger partial charge in [0, 0.05) is 19.0 Å². The molecule has 0 spiro atoms. The van der Waals surface area contributed by atoms with Gasteiger partial charge in [0.05, 0.1) is 0 Å². The van der Waals surface area contributed by atoms with E-state index in [1.54, 1.807) is 0 Å². The van der Waals surface area contributed by atoms with Crippen LogP contribution in [0.1, 0.15) is 27.2 Å². The number of nitrogens with zero attached hydrogens (tertiary/aromatic N) is 2. The Labute approximate surface area is 80.4 Å². The molecule has 4 heteroatoms. The summed E-state index contributed by atoms with van der Waals surface area (Å²) in [6, 6.07) is 0.520. The van der Waals surface area contributed by atoms with Gasteiger partial charge in [-0.1, -0.05) is 19.0 Å². The predicted molar refractivity (Wildman–Crippen MR) is 55.0 cm³/mol. The molecular formula is C9H21N3O. The summed E-state index contributed by atoms with van der Waals surface area (Å²) in [6.45, 7) is 7.38. The van der Waals surface area contributed by atoms with Gasteiger partial charge >= 0.3 is 0 Å². The summed E-state index contributed by atoms with van der Waals surface area (Å²) in [5.74, 6) is 0.917. The minimum absolute atomic E-state index is 0.294. The summed E-state index contributed by atoms with van der Waals surface area (Å²) in [5, 5.41) is 11.3. The Kier molecular flexibility index (Phi) is 5.46. The van der Waals surface area contributed by atoms with E-state index in [0.717, 1.165) is 6.54 Å². The van der Waals surface area contributed by atoms with Crippen LogP contribution >= 0.6 is 0 Å². The molecule has 0 aliphatic rings. The first-order valence-electron chi connectivity index (χ1n) is 4.65. The molecule has 0 radical (unpaired) electrons. The maximum atomic E-state index is 8.34. The van der Waals surface area contributed by atoms with Crippen LogP contribution in [0.25, 0.3) is 0 Å². The van der Waals surface area contributed by atoms with Gasteiger partial charge in [-0.15, -0.1) is 0 Å². The molecule has 4 nitrogen and oxygen atoms in total. The summed E-state index contributed by atoms with van der Waals surface area (Å²) in [6.07, 6.45) is 0.615. The van der Waals surface area contributed by atoms with E-state index in [2.05, 4.69) is 37.9 Å². The van der Waals surface area contributed by atoms with Crippen molar-refractivity contribution in [2.24, 2.45) is 16.8 Å². The molecule has 0 bridgehead atoms. The number of amidine groups is 1. The van der Waals surface area contributed by atoms with E-state index in [4.69, 9.17) is 10.9 Å². The van der Waals surface area contributed by atoms with Crippen molar-refractivity contribution < 1.29 is 5.21 Å². The zero-order valence-corrected chi connectivity index (χ0v) is 8.99. The first-order valence-corrected chi connectivity index (χ1v) is 4.65. The van der Waals surface area contributed by atoms with E-state index in [1.807, 2.05) is 0 Å². The number of rotatable bonds is 5. The standard InChI is InChI=1S/C9H21N3O/c1-7(2)8(3)12(4)6-5-9(10)11-13/h7-8,13H,5-6H2,1-4H3,(H2,10,11). The Morgan fingerprint density at radius 2 is 2.00 bits per heavy atom. The average molecular weight is 187 g/mol. The van der Waals surface area contributed by atoms with Crippen LogP contribution in [-0.2, 0) is 0 Å². The van der Waals surface area contributed by atoms with Crippen molar-refractivity contribution in [3.63, 3.8) is 0 Å². The van der Waals surface area contributed by atoms with Gasteiger partial charge < -0.3 is 15.8 Å². The van der Waals surface area contributed by atoms with E-state index in [0.29, 0.717) is 24.2 Å². The van der Waals surface area contributed by atoms with Crippen molar-refractivity contribution in [3.8, 4) is 0 Å². The van der Waals surface area contributed by atoms with Crippen LogP contribution in [0.15, 0.2) is 5.16 Å². The van der Waals surface area contributed by atoms with Gasteiger partial charge in [-0.3, -0.25) is 0 Å². The molecule has 13 heavy (non-hydrogen) atoms. The van der Waals surface area contributed by atoms with Crippen LogP contribution < -0.4 is 5.73 Å². The van der Waals surface area contributed by atoms with Gasteiger partial charge in [0.15, 0.2) is 0 Å². The Morgan fingerprint density at radius 3 is 2.38 bits per heavy atom. The Balaban J connectivity index is 3.80. The van der Waals surface area contributed by atoms with Gasteiger partial charge in [-0.05, 0) is 19.9 Å². The van der Waals surface area contributed by atoms with E-state index in [-0.39, 0.29) is 0 Å². The highest BCUT2D eigenvalue weighted by molar-refractivity contribution is 5.79. The summed E-state index contributed by atoms with van der Waals surface area (Å²) in [7, 11) is 2.05. The quantitative estimate of drug-likeness (QED) is 0.293. The molecule has 0 saturated carbocycles. The van der Waals surface area contributed by atoms with Crippen LogP contribution in [0.4, 0.5) is 0 Å². The number of oxime groups is 1. The van der Waals surface area contributed by atoms with E-state index < -0.39 is 0 Å². The lowest BCUT2D eigenvalue weighted by Crippen LogP contribution is -2.35. The minimum Gasteiger partial charge on any atom is -0.409 e. The van der Waals surface area contributed by atoms with Crippen molar-refractivity contribution in [1.29, 1.82) is 0 Å². The fourth-order valence-corrected chi connectivity index (χ4v) is 1.05. The predicted octanol–water partition coefficient (Wildman–Crippen LogP) is 1.10. The second kappa shape index (κ2) is 5.80. The molecule has 0 fully saturated rings. The van der Waals surface area contributed by atoms with Gasteiger partial charge in [-0.2, -0.15) is 0 Å². The minimum atomic E-state index is 0.294. The maximum Gasteiger partial charge on any atom is 0.140 e. The maximum absolute atomic E-state index is 8.34. The van der Waals surface area contributed by atoms with Crippen molar-refractivity contribution >= 4 is 5.84 Å². The lowest BCUT2D eigenvalue weighted by atomic mass is 10.1. The van der Waals surface area contributed by atoms with Crippen LogP contribution in [0.5, 0.6) is 0 Å². The van der Waals surface area contributed by atoms with Crippen molar-refractivity contribution in [2.75, 3.05) is 13.6 Å². The third kappa shape index (κ3) is 4.72. The van der Waals surface area contributed by atoms with Crippen LogP contribution in [0.2, 0.25) is 0 Å². The van der Waals surface area contributed by atoms with Gasteiger partial charge in [0.25, 0.3) is 0 Å². The van der Waals surface area contributed by atoms with Gasteiger partial charge in [0.1, 0.15) is 5.84 Å². The molecule has 0 aliphatic heterocycles. The summed E-state index contributed by atoms with van der Waals surface area (Å²) < 4.78 is 0. The van der Waals surface area contributed by atoms with Crippen molar-refractivity contribution in [1.82, 2.24) is 4.90 Å². The molecule has 0 aromatic heterocycles. The summed E-state index contributed by atoms with van der Waals surface area (Å²) >= 11 is 0. The highest BCUT2D eigenvalue weighted by Crippen LogP contribution is 2.07. The highest BCUT2D eigenvalue weighted by atomic mass is 16.4. The molecule has 78 valence electrons. The molecule has 0 aromatic rings. The first kappa shape index (κ1) is 12.2. The molecule has 0 rings (SSSR count). The molecule has 0 aromatic carbocycles. The van der Waals surface area contributed by atoms with E-state index in [9.17, 15) is 0 Å². The fourth-order valence-electron chi connectivity index (χ4n) is 1.05. The van der Waals surface area contributed by atoms with Gasteiger partial charge in [-0.25, -0.2) is 0 Å².